The average Bonchev–Trinajstić information content (AvgIpc) is 2.48. The van der Waals surface area contributed by atoms with Gasteiger partial charge in [-0.25, -0.2) is 4.68 Å². The van der Waals surface area contributed by atoms with Crippen LogP contribution in [0.15, 0.2) is 35.3 Å². The van der Waals surface area contributed by atoms with Crippen molar-refractivity contribution in [1.29, 1.82) is 0 Å². The van der Waals surface area contributed by atoms with Crippen molar-refractivity contribution in [1.82, 2.24) is 9.78 Å². The number of hydrogen-bond donors (Lipinski definition) is 2. The highest BCUT2D eigenvalue weighted by atomic mass is 35.5. The summed E-state index contributed by atoms with van der Waals surface area (Å²) in [4.78, 5) is 11.9. The first kappa shape index (κ1) is 15.5. The van der Waals surface area contributed by atoms with Crippen LogP contribution in [0, 0.1) is 6.92 Å². The molecule has 0 aliphatic carbocycles. The first-order valence-electron chi connectivity index (χ1n) is 6.78. The minimum absolute atomic E-state index is 0.100. The third-order valence-corrected chi connectivity index (χ3v) is 3.63. The van der Waals surface area contributed by atoms with Crippen molar-refractivity contribution in [3.8, 4) is 0 Å². The zero-order valence-corrected chi connectivity index (χ0v) is 12.6. The molecule has 2 aromatic rings. The molecule has 21 heavy (non-hydrogen) atoms. The monoisotopic (exact) mass is 307 g/mol. The molecule has 0 bridgehead atoms. The third-order valence-electron chi connectivity index (χ3n) is 3.27. The SMILES string of the molecule is Cc1ccccc1CCNc1cnn(CCO)c(=O)c1Cl. The van der Waals surface area contributed by atoms with E-state index in [1.807, 2.05) is 12.1 Å². The summed E-state index contributed by atoms with van der Waals surface area (Å²) in [5, 5.41) is 16.0. The minimum atomic E-state index is -0.397. The second-order valence-electron chi connectivity index (χ2n) is 4.73. The highest BCUT2D eigenvalue weighted by Gasteiger charge is 2.08. The topological polar surface area (TPSA) is 67.2 Å². The van der Waals surface area contributed by atoms with E-state index in [4.69, 9.17) is 16.7 Å². The number of nitrogens with one attached hydrogen (secondary N) is 1. The maximum absolute atomic E-state index is 11.9. The van der Waals surface area contributed by atoms with Gasteiger partial charge in [0.2, 0.25) is 0 Å². The molecule has 0 aliphatic rings. The van der Waals surface area contributed by atoms with Crippen molar-refractivity contribution in [2.24, 2.45) is 0 Å². The van der Waals surface area contributed by atoms with Gasteiger partial charge < -0.3 is 10.4 Å². The second kappa shape index (κ2) is 7.24. The first-order chi connectivity index (χ1) is 10.1. The molecule has 112 valence electrons. The van der Waals surface area contributed by atoms with Gasteiger partial charge in [0, 0.05) is 6.54 Å². The van der Waals surface area contributed by atoms with Gasteiger partial charge in [-0.2, -0.15) is 5.10 Å². The standard InChI is InChI=1S/C15H18ClN3O2/c1-11-4-2-3-5-12(11)6-7-17-13-10-18-19(8-9-20)15(21)14(13)16/h2-5,10,17,20H,6-9H2,1H3. The lowest BCUT2D eigenvalue weighted by Crippen LogP contribution is -2.25. The van der Waals surface area contributed by atoms with Crippen LogP contribution in [-0.2, 0) is 13.0 Å². The number of benzene rings is 1. The minimum Gasteiger partial charge on any atom is -0.394 e. The fourth-order valence-corrected chi connectivity index (χ4v) is 2.28. The molecule has 0 aliphatic heterocycles. The van der Waals surface area contributed by atoms with Crippen LogP contribution in [0.25, 0.3) is 0 Å². The molecular formula is C15H18ClN3O2. The van der Waals surface area contributed by atoms with Gasteiger partial charge in [-0.15, -0.1) is 0 Å². The Bertz CT molecular complexity index is 670. The maximum atomic E-state index is 11.9. The van der Waals surface area contributed by atoms with E-state index in [-0.39, 0.29) is 18.2 Å². The van der Waals surface area contributed by atoms with E-state index in [0.29, 0.717) is 12.2 Å². The molecule has 0 unspecified atom stereocenters. The van der Waals surface area contributed by atoms with E-state index in [1.54, 1.807) is 0 Å². The Labute approximate surface area is 128 Å². The number of aliphatic hydroxyl groups is 1. The largest absolute Gasteiger partial charge is 0.394 e. The van der Waals surface area contributed by atoms with Gasteiger partial charge in [-0.3, -0.25) is 4.79 Å². The molecule has 0 saturated heterocycles. The van der Waals surface area contributed by atoms with E-state index >= 15 is 0 Å². The third kappa shape index (κ3) is 3.83. The Hall–Kier alpha value is -1.85. The summed E-state index contributed by atoms with van der Waals surface area (Å²) >= 11 is 6.03. The van der Waals surface area contributed by atoms with Crippen LogP contribution in [-0.4, -0.2) is 28.0 Å². The molecule has 2 N–H and O–H groups in total. The van der Waals surface area contributed by atoms with E-state index < -0.39 is 5.56 Å². The molecule has 1 heterocycles. The highest BCUT2D eigenvalue weighted by molar-refractivity contribution is 6.32. The molecule has 0 atom stereocenters. The second-order valence-corrected chi connectivity index (χ2v) is 5.11. The van der Waals surface area contributed by atoms with E-state index in [0.717, 1.165) is 11.1 Å². The molecule has 0 spiro atoms. The van der Waals surface area contributed by atoms with Gasteiger partial charge in [0.25, 0.3) is 5.56 Å². The number of anilines is 1. The normalized spacial score (nSPS) is 10.6. The summed E-state index contributed by atoms with van der Waals surface area (Å²) in [6.45, 7) is 2.72. The summed E-state index contributed by atoms with van der Waals surface area (Å²) in [5.41, 5.74) is 2.61. The predicted molar refractivity (Wildman–Crippen MR) is 84.0 cm³/mol. The van der Waals surface area contributed by atoms with Crippen LogP contribution in [0.3, 0.4) is 0 Å². The molecule has 1 aromatic heterocycles. The lowest BCUT2D eigenvalue weighted by molar-refractivity contribution is 0.266. The van der Waals surface area contributed by atoms with Crippen molar-refractivity contribution in [3.05, 3.63) is 57.0 Å². The Morgan fingerprint density at radius 2 is 2.14 bits per heavy atom. The van der Waals surface area contributed by atoms with Gasteiger partial charge in [0.15, 0.2) is 0 Å². The fraction of sp³-hybridized carbons (Fsp3) is 0.333. The van der Waals surface area contributed by atoms with Gasteiger partial charge in [0.05, 0.1) is 25.0 Å². The van der Waals surface area contributed by atoms with Crippen molar-refractivity contribution in [2.45, 2.75) is 19.9 Å². The maximum Gasteiger partial charge on any atom is 0.287 e. The molecule has 6 heteroatoms. The van der Waals surface area contributed by atoms with Crippen molar-refractivity contribution >= 4 is 17.3 Å². The lowest BCUT2D eigenvalue weighted by Gasteiger charge is -2.10. The summed E-state index contributed by atoms with van der Waals surface area (Å²) in [7, 11) is 0. The number of hydrogen-bond acceptors (Lipinski definition) is 4. The van der Waals surface area contributed by atoms with E-state index in [2.05, 4.69) is 29.5 Å². The lowest BCUT2D eigenvalue weighted by atomic mass is 10.1. The first-order valence-corrected chi connectivity index (χ1v) is 7.16. The van der Waals surface area contributed by atoms with Crippen molar-refractivity contribution < 1.29 is 5.11 Å². The molecule has 0 saturated carbocycles. The van der Waals surface area contributed by atoms with Crippen LogP contribution in [0.1, 0.15) is 11.1 Å². The number of nitrogens with zero attached hydrogens (tertiary/aromatic N) is 2. The molecule has 0 fully saturated rings. The number of aromatic nitrogens is 2. The molecular weight excluding hydrogens is 290 g/mol. The van der Waals surface area contributed by atoms with E-state index in [1.165, 1.54) is 17.3 Å². The zero-order valence-electron chi connectivity index (χ0n) is 11.8. The van der Waals surface area contributed by atoms with Crippen LogP contribution in [0.2, 0.25) is 5.02 Å². The number of aryl methyl sites for hydroxylation is 1. The Kier molecular flexibility index (Phi) is 5.36. The molecule has 1 aromatic carbocycles. The summed E-state index contributed by atoms with van der Waals surface area (Å²) < 4.78 is 1.15. The van der Waals surface area contributed by atoms with Gasteiger partial charge >= 0.3 is 0 Å². The van der Waals surface area contributed by atoms with Crippen LogP contribution in [0.5, 0.6) is 0 Å². The van der Waals surface area contributed by atoms with Crippen molar-refractivity contribution in [3.63, 3.8) is 0 Å². The predicted octanol–water partition coefficient (Wildman–Crippen LogP) is 1.85. The van der Waals surface area contributed by atoms with E-state index in [9.17, 15) is 4.79 Å². The Morgan fingerprint density at radius 1 is 1.38 bits per heavy atom. The molecule has 2 rings (SSSR count). The summed E-state index contributed by atoms with van der Waals surface area (Å²) in [6.07, 6.45) is 2.35. The number of rotatable bonds is 6. The summed E-state index contributed by atoms with van der Waals surface area (Å²) in [6, 6.07) is 8.16. The fourth-order valence-electron chi connectivity index (χ4n) is 2.06. The molecule has 0 amide bonds. The Morgan fingerprint density at radius 3 is 2.86 bits per heavy atom. The molecule has 0 radical (unpaired) electrons. The number of aliphatic hydroxyl groups excluding tert-OH is 1. The number of halogens is 1. The Balaban J connectivity index is 2.03. The summed E-state index contributed by atoms with van der Waals surface area (Å²) in [5.74, 6) is 0. The smallest absolute Gasteiger partial charge is 0.287 e. The van der Waals surface area contributed by atoms with Gasteiger partial charge in [-0.1, -0.05) is 35.9 Å². The quantitative estimate of drug-likeness (QED) is 0.855. The van der Waals surface area contributed by atoms with Crippen LogP contribution in [0.4, 0.5) is 5.69 Å². The van der Waals surface area contributed by atoms with Crippen LogP contribution >= 0.6 is 11.6 Å². The van der Waals surface area contributed by atoms with Crippen molar-refractivity contribution in [2.75, 3.05) is 18.5 Å². The molecule has 5 nitrogen and oxygen atoms in total. The highest BCUT2D eigenvalue weighted by Crippen LogP contribution is 2.15. The average molecular weight is 308 g/mol. The zero-order chi connectivity index (χ0) is 15.2. The van der Waals surface area contributed by atoms with Gasteiger partial charge in [-0.05, 0) is 24.5 Å². The van der Waals surface area contributed by atoms with Gasteiger partial charge in [0.1, 0.15) is 5.02 Å². The van der Waals surface area contributed by atoms with Crippen LogP contribution < -0.4 is 10.9 Å².